The molecule has 1 fully saturated rings. The number of aliphatic hydroxyl groups excluding tert-OH is 1. The van der Waals surface area contributed by atoms with E-state index in [2.05, 4.69) is 10.3 Å². The van der Waals surface area contributed by atoms with Gasteiger partial charge in [-0.1, -0.05) is 0 Å². The first-order valence-corrected chi connectivity index (χ1v) is 7.54. The van der Waals surface area contributed by atoms with Gasteiger partial charge < -0.3 is 19.4 Å². The third-order valence-electron chi connectivity index (χ3n) is 4.46. The smallest absolute Gasteiger partial charge is 0.287 e. The van der Waals surface area contributed by atoms with E-state index in [0.29, 0.717) is 18.1 Å². The van der Waals surface area contributed by atoms with Gasteiger partial charge in [-0.2, -0.15) is 0 Å². The highest BCUT2D eigenvalue weighted by Gasteiger charge is 2.34. The van der Waals surface area contributed by atoms with Crippen LogP contribution in [0.5, 0.6) is 0 Å². The number of nitrogens with one attached hydrogen (secondary N) is 1. The minimum absolute atomic E-state index is 0.231. The van der Waals surface area contributed by atoms with Crippen LogP contribution in [-0.2, 0) is 6.54 Å². The largest absolute Gasteiger partial charge is 0.459 e. The lowest BCUT2D eigenvalue weighted by molar-refractivity contribution is 0.0845. The molecule has 1 amide bonds. The molecule has 2 N–H and O–H groups in total. The van der Waals surface area contributed by atoms with Gasteiger partial charge in [-0.05, 0) is 38.2 Å². The molecular formula is C16H21N3O3. The van der Waals surface area contributed by atoms with E-state index in [9.17, 15) is 9.90 Å². The molecule has 3 atom stereocenters. The van der Waals surface area contributed by atoms with E-state index in [1.165, 1.54) is 0 Å². The number of hydrogen-bond acceptors (Lipinski definition) is 4. The first-order chi connectivity index (χ1) is 10.5. The third kappa shape index (κ3) is 2.92. The second-order valence-corrected chi connectivity index (χ2v) is 6.12. The molecule has 6 heteroatoms. The molecule has 0 aliphatic heterocycles. The van der Waals surface area contributed by atoms with Gasteiger partial charge in [0.1, 0.15) is 0 Å². The van der Waals surface area contributed by atoms with Crippen molar-refractivity contribution in [2.75, 3.05) is 0 Å². The van der Waals surface area contributed by atoms with Crippen LogP contribution in [0.2, 0.25) is 0 Å². The molecule has 1 aliphatic rings. The van der Waals surface area contributed by atoms with Gasteiger partial charge in [0.05, 0.1) is 24.7 Å². The Morgan fingerprint density at radius 2 is 2.32 bits per heavy atom. The van der Waals surface area contributed by atoms with Gasteiger partial charge >= 0.3 is 0 Å². The maximum Gasteiger partial charge on any atom is 0.287 e. The maximum atomic E-state index is 12.3. The molecule has 0 aromatic carbocycles. The molecule has 1 saturated carbocycles. The van der Waals surface area contributed by atoms with E-state index in [4.69, 9.17) is 4.42 Å². The molecule has 0 bridgehead atoms. The minimum Gasteiger partial charge on any atom is -0.459 e. The summed E-state index contributed by atoms with van der Waals surface area (Å²) in [7, 11) is 0. The van der Waals surface area contributed by atoms with E-state index < -0.39 is 6.10 Å². The lowest BCUT2D eigenvalue weighted by Gasteiger charge is -2.15. The molecule has 0 radical (unpaired) electrons. The minimum atomic E-state index is -0.520. The topological polar surface area (TPSA) is 80.3 Å². The Morgan fingerprint density at radius 1 is 1.50 bits per heavy atom. The highest BCUT2D eigenvalue weighted by Crippen LogP contribution is 2.28. The van der Waals surface area contributed by atoms with Crippen LogP contribution in [0.3, 0.4) is 0 Å². The third-order valence-corrected chi connectivity index (χ3v) is 4.46. The predicted octanol–water partition coefficient (Wildman–Crippen LogP) is 1.66. The molecule has 22 heavy (non-hydrogen) atoms. The lowest BCUT2D eigenvalue weighted by Crippen LogP contribution is -2.40. The molecule has 1 unspecified atom stereocenters. The van der Waals surface area contributed by atoms with Crippen molar-refractivity contribution in [2.24, 2.45) is 5.92 Å². The number of aryl methyl sites for hydroxylation is 1. The van der Waals surface area contributed by atoms with Crippen molar-refractivity contribution in [1.29, 1.82) is 0 Å². The maximum absolute atomic E-state index is 12.3. The molecule has 0 saturated heterocycles. The summed E-state index contributed by atoms with van der Waals surface area (Å²) in [6.45, 7) is 4.57. The van der Waals surface area contributed by atoms with Crippen LogP contribution in [0.1, 0.15) is 34.5 Å². The van der Waals surface area contributed by atoms with Crippen molar-refractivity contribution in [1.82, 2.24) is 14.9 Å². The van der Waals surface area contributed by atoms with Crippen LogP contribution in [0.15, 0.2) is 29.4 Å². The fourth-order valence-electron chi connectivity index (χ4n) is 3.08. The molecule has 1 aliphatic carbocycles. The summed E-state index contributed by atoms with van der Waals surface area (Å²) in [5.74, 6) is 0.412. The average Bonchev–Trinajstić information content (AvgIpc) is 3.16. The van der Waals surface area contributed by atoms with Crippen LogP contribution in [0, 0.1) is 19.8 Å². The summed E-state index contributed by atoms with van der Waals surface area (Å²) in [6.07, 6.45) is 7.92. The number of amides is 1. The highest BCUT2D eigenvalue weighted by molar-refractivity contribution is 5.93. The fourth-order valence-corrected chi connectivity index (χ4v) is 3.08. The predicted molar refractivity (Wildman–Crippen MR) is 80.4 cm³/mol. The monoisotopic (exact) mass is 303 g/mol. The Kier molecular flexibility index (Phi) is 4.02. The summed E-state index contributed by atoms with van der Waals surface area (Å²) in [5, 5.41) is 13.1. The summed E-state index contributed by atoms with van der Waals surface area (Å²) < 4.78 is 7.31. The van der Waals surface area contributed by atoms with Crippen LogP contribution in [-0.4, -0.2) is 32.7 Å². The van der Waals surface area contributed by atoms with Crippen LogP contribution >= 0.6 is 0 Å². The van der Waals surface area contributed by atoms with E-state index in [1.807, 2.05) is 24.6 Å². The van der Waals surface area contributed by atoms with E-state index >= 15 is 0 Å². The molecule has 2 heterocycles. The zero-order chi connectivity index (χ0) is 15.7. The second kappa shape index (κ2) is 5.96. The van der Waals surface area contributed by atoms with Gasteiger partial charge in [0.25, 0.3) is 5.91 Å². The Hall–Kier alpha value is -2.08. The lowest BCUT2D eigenvalue weighted by atomic mass is 10.1. The number of nitrogens with zero attached hydrogens (tertiary/aromatic N) is 2. The molecule has 6 nitrogen and oxygen atoms in total. The van der Waals surface area contributed by atoms with Gasteiger partial charge in [-0.3, -0.25) is 4.79 Å². The van der Waals surface area contributed by atoms with Crippen LogP contribution < -0.4 is 5.32 Å². The quantitative estimate of drug-likeness (QED) is 0.900. The average molecular weight is 303 g/mol. The SMILES string of the molecule is Cc1coc(C(=O)N[C@@H]2CC(Cn3ccnc3)C[C@H]2O)c1C. The van der Waals surface area contributed by atoms with Gasteiger partial charge in [0.15, 0.2) is 5.76 Å². The highest BCUT2D eigenvalue weighted by atomic mass is 16.3. The number of carbonyl (C=O) groups is 1. The number of aromatic nitrogens is 2. The second-order valence-electron chi connectivity index (χ2n) is 6.12. The van der Waals surface area contributed by atoms with Crippen molar-refractivity contribution >= 4 is 5.91 Å². The Balaban J connectivity index is 1.61. The number of hydrogen-bond donors (Lipinski definition) is 2. The van der Waals surface area contributed by atoms with Gasteiger partial charge in [-0.15, -0.1) is 0 Å². The van der Waals surface area contributed by atoms with Crippen molar-refractivity contribution in [3.05, 3.63) is 41.9 Å². The summed E-state index contributed by atoms with van der Waals surface area (Å²) >= 11 is 0. The standard InChI is InChI=1S/C16H21N3O3/c1-10-8-22-15(11(10)2)16(21)18-13-5-12(6-14(13)20)7-19-4-3-17-9-19/h3-4,8-9,12-14,20H,5-7H2,1-2H3,(H,18,21)/t12?,13-,14-/m1/s1. The molecule has 118 valence electrons. The molecule has 2 aromatic heterocycles. The molecular weight excluding hydrogens is 282 g/mol. The number of carbonyl (C=O) groups excluding carboxylic acids is 1. The van der Waals surface area contributed by atoms with Crippen molar-refractivity contribution in [3.63, 3.8) is 0 Å². The summed E-state index contributed by atoms with van der Waals surface area (Å²) in [4.78, 5) is 16.3. The van der Waals surface area contributed by atoms with Gasteiger partial charge in [-0.25, -0.2) is 4.98 Å². The molecule has 3 rings (SSSR count). The van der Waals surface area contributed by atoms with Crippen LogP contribution in [0.4, 0.5) is 0 Å². The zero-order valence-electron chi connectivity index (χ0n) is 12.8. The van der Waals surface area contributed by atoms with Crippen molar-refractivity contribution in [3.8, 4) is 0 Å². The first-order valence-electron chi connectivity index (χ1n) is 7.54. The number of furan rings is 1. The van der Waals surface area contributed by atoms with E-state index in [0.717, 1.165) is 24.1 Å². The number of rotatable bonds is 4. The van der Waals surface area contributed by atoms with Gasteiger partial charge in [0, 0.05) is 24.5 Å². The first kappa shape index (κ1) is 14.8. The Bertz CT molecular complexity index is 648. The van der Waals surface area contributed by atoms with Gasteiger partial charge in [0.2, 0.25) is 0 Å². The van der Waals surface area contributed by atoms with Crippen LogP contribution in [0.25, 0.3) is 0 Å². The molecule has 2 aromatic rings. The molecule has 0 spiro atoms. The number of imidazole rings is 1. The zero-order valence-corrected chi connectivity index (χ0v) is 12.8. The van der Waals surface area contributed by atoms with Crippen molar-refractivity contribution in [2.45, 2.75) is 45.4 Å². The summed E-state index contributed by atoms with van der Waals surface area (Å²) in [6, 6.07) is -0.231. The van der Waals surface area contributed by atoms with E-state index in [-0.39, 0.29) is 11.9 Å². The van der Waals surface area contributed by atoms with Crippen molar-refractivity contribution < 1.29 is 14.3 Å². The summed E-state index contributed by atoms with van der Waals surface area (Å²) in [5.41, 5.74) is 1.80. The Labute approximate surface area is 129 Å². The van der Waals surface area contributed by atoms with E-state index in [1.54, 1.807) is 18.8 Å². The Morgan fingerprint density at radius 3 is 2.95 bits per heavy atom. The fraction of sp³-hybridized carbons (Fsp3) is 0.500. The number of aliphatic hydroxyl groups is 1. The normalized spacial score (nSPS) is 24.6.